The number of hydrogen-bond acceptors (Lipinski definition) is 5. The van der Waals surface area contributed by atoms with Gasteiger partial charge in [0.05, 0.1) is 17.6 Å². The lowest BCUT2D eigenvalue weighted by atomic mass is 9.68. The lowest BCUT2D eigenvalue weighted by Gasteiger charge is -2.39. The van der Waals surface area contributed by atoms with E-state index in [1.54, 1.807) is 19.1 Å². The summed E-state index contributed by atoms with van der Waals surface area (Å²) in [6.07, 6.45) is 8.07. The molecule has 0 saturated heterocycles. The Morgan fingerprint density at radius 2 is 2.25 bits per heavy atom. The van der Waals surface area contributed by atoms with Gasteiger partial charge < -0.3 is 9.68 Å². The van der Waals surface area contributed by atoms with Crippen LogP contribution in [0.5, 0.6) is 5.75 Å². The second-order valence-corrected chi connectivity index (χ2v) is 8.52. The highest BCUT2D eigenvalue weighted by atomic mass is 32.2. The monoisotopic (exact) mass is 346 g/mol. The Balaban J connectivity index is 1.60. The van der Waals surface area contributed by atoms with E-state index < -0.39 is 17.1 Å². The van der Waals surface area contributed by atoms with E-state index in [1.165, 1.54) is 0 Å². The number of sulfonamides is 1. The van der Waals surface area contributed by atoms with E-state index >= 15 is 0 Å². The van der Waals surface area contributed by atoms with Crippen LogP contribution >= 0.6 is 0 Å². The first-order chi connectivity index (χ1) is 11.5. The summed E-state index contributed by atoms with van der Waals surface area (Å²) in [6.45, 7) is 1.63. The minimum Gasteiger partial charge on any atom is -0.531 e. The summed E-state index contributed by atoms with van der Waals surface area (Å²) in [7, 11) is -4.16. The van der Waals surface area contributed by atoms with Crippen LogP contribution in [-0.2, 0) is 16.4 Å². The number of allylic oxidation sites excluding steroid dienone is 2. The Morgan fingerprint density at radius 3 is 3.00 bits per heavy atom. The van der Waals surface area contributed by atoms with Gasteiger partial charge in [-0.05, 0) is 37.2 Å². The molecule has 0 radical (unpaired) electrons. The lowest BCUT2D eigenvalue weighted by Crippen LogP contribution is -2.45. The molecule has 2 heterocycles. The highest BCUT2D eigenvalue weighted by Crippen LogP contribution is 2.46. The van der Waals surface area contributed by atoms with Crippen molar-refractivity contribution in [3.8, 4) is 5.75 Å². The van der Waals surface area contributed by atoms with Crippen molar-refractivity contribution in [3.05, 3.63) is 35.1 Å². The molecule has 1 saturated carbocycles. The van der Waals surface area contributed by atoms with Crippen molar-refractivity contribution in [1.29, 1.82) is 0 Å². The Bertz CT molecular complexity index is 844. The number of hydrogen-bond donors (Lipinski definition) is 2. The third-order valence-corrected chi connectivity index (χ3v) is 6.38. The normalized spacial score (nSPS) is 24.8. The van der Waals surface area contributed by atoms with Crippen LogP contribution in [-0.4, -0.2) is 37.3 Å². The Morgan fingerprint density at radius 1 is 1.46 bits per heavy atom. The Labute approximate surface area is 141 Å². The van der Waals surface area contributed by atoms with Crippen LogP contribution in [0.1, 0.15) is 36.6 Å². The van der Waals surface area contributed by atoms with Gasteiger partial charge in [-0.3, -0.25) is 4.98 Å². The fourth-order valence-electron chi connectivity index (χ4n) is 3.61. The molecule has 6 nitrogen and oxygen atoms in total. The average molecular weight is 346 g/mol. The molecule has 0 bridgehead atoms. The quantitative estimate of drug-likeness (QED) is 0.799. The van der Waals surface area contributed by atoms with Crippen LogP contribution in [0.25, 0.3) is 11.6 Å². The number of aromatic nitrogens is 1. The van der Waals surface area contributed by atoms with Crippen molar-refractivity contribution >= 4 is 28.8 Å². The van der Waals surface area contributed by atoms with Crippen LogP contribution < -0.4 is 9.38 Å². The molecule has 0 amide bonds. The molecule has 4 rings (SSSR count). The molecule has 2 aliphatic carbocycles. The zero-order valence-corrected chi connectivity index (χ0v) is 14.2. The molecule has 1 aliphatic heterocycles. The highest BCUT2D eigenvalue weighted by molar-refractivity contribution is 7.89. The molecular weight excluding hydrogens is 327 g/mol. The zero-order chi connectivity index (χ0) is 16.9. The number of rotatable bonds is 4. The summed E-state index contributed by atoms with van der Waals surface area (Å²) in [6, 6.07) is -0.0327. The maximum atomic E-state index is 11.7. The molecule has 0 aromatic carbocycles. The molecule has 0 unspecified atom stereocenters. The van der Waals surface area contributed by atoms with E-state index in [2.05, 4.69) is 15.8 Å². The lowest BCUT2D eigenvalue weighted by molar-refractivity contribution is 0.308. The van der Waals surface area contributed by atoms with Crippen molar-refractivity contribution in [2.75, 3.05) is 5.75 Å². The zero-order valence-electron chi connectivity index (χ0n) is 13.4. The minimum atomic E-state index is -3.18. The van der Waals surface area contributed by atoms with Crippen molar-refractivity contribution in [3.63, 3.8) is 0 Å². The maximum Gasteiger partial charge on any atom is 0.552 e. The number of pyridine rings is 1. The molecule has 1 aromatic rings. The standard InChI is InChI=1S/C16H19BN2O4S/c1-2-24(21,22)19-11-6-10(7-11)13-8-17(20)23-15-9-18-14-5-3-4-12(14)16(13)15/h3-4,8-11,19-20H,2,5-7H2,1H3. The summed E-state index contributed by atoms with van der Waals surface area (Å²) in [5.74, 6) is 2.65. The summed E-state index contributed by atoms with van der Waals surface area (Å²) < 4.78 is 31.6. The SMILES string of the molecule is CCS(=O)(=O)NC1CC(C2=CB(O)Oc3cnc4c(c32)C=CC4)C1. The van der Waals surface area contributed by atoms with Gasteiger partial charge in [0.1, 0.15) is 5.75 Å². The summed E-state index contributed by atoms with van der Waals surface area (Å²) in [4.78, 5) is 4.40. The molecule has 0 atom stereocenters. The summed E-state index contributed by atoms with van der Waals surface area (Å²) >= 11 is 0. The van der Waals surface area contributed by atoms with Gasteiger partial charge in [-0.25, -0.2) is 13.1 Å². The van der Waals surface area contributed by atoms with Gasteiger partial charge in [-0.1, -0.05) is 12.2 Å². The molecule has 0 spiro atoms. The van der Waals surface area contributed by atoms with E-state index in [9.17, 15) is 13.4 Å². The molecule has 3 aliphatic rings. The topological polar surface area (TPSA) is 88.5 Å². The molecule has 8 heteroatoms. The Hall–Kier alpha value is -1.64. The molecule has 126 valence electrons. The van der Waals surface area contributed by atoms with Crippen LogP contribution in [0.15, 0.2) is 18.2 Å². The first-order valence-corrected chi connectivity index (χ1v) is 9.87. The van der Waals surface area contributed by atoms with E-state index in [4.69, 9.17) is 4.65 Å². The fraction of sp³-hybridized carbons (Fsp3) is 0.438. The number of fused-ring (bicyclic) bond motifs is 3. The second kappa shape index (κ2) is 5.72. The summed E-state index contributed by atoms with van der Waals surface area (Å²) in [5.41, 5.74) is 4.12. The van der Waals surface area contributed by atoms with Crippen molar-refractivity contribution in [1.82, 2.24) is 9.71 Å². The summed E-state index contributed by atoms with van der Waals surface area (Å²) in [5, 5.41) is 9.98. The molecule has 24 heavy (non-hydrogen) atoms. The fourth-order valence-corrected chi connectivity index (χ4v) is 4.48. The van der Waals surface area contributed by atoms with Crippen molar-refractivity contribution in [2.45, 2.75) is 32.2 Å². The maximum absolute atomic E-state index is 11.7. The average Bonchev–Trinajstić information content (AvgIpc) is 2.98. The van der Waals surface area contributed by atoms with Crippen LogP contribution in [0.2, 0.25) is 0 Å². The van der Waals surface area contributed by atoms with Gasteiger partial charge in [-0.15, -0.1) is 0 Å². The van der Waals surface area contributed by atoms with Gasteiger partial charge in [-0.2, -0.15) is 0 Å². The molecule has 1 fully saturated rings. The smallest absolute Gasteiger partial charge is 0.531 e. The van der Waals surface area contributed by atoms with Gasteiger partial charge in [0.2, 0.25) is 10.0 Å². The highest BCUT2D eigenvalue weighted by Gasteiger charge is 2.39. The predicted molar refractivity (Wildman–Crippen MR) is 92.7 cm³/mol. The number of nitrogens with one attached hydrogen (secondary N) is 1. The van der Waals surface area contributed by atoms with Crippen molar-refractivity contribution < 1.29 is 18.1 Å². The van der Waals surface area contributed by atoms with Crippen molar-refractivity contribution in [2.24, 2.45) is 5.92 Å². The van der Waals surface area contributed by atoms with Gasteiger partial charge in [0.15, 0.2) is 0 Å². The minimum absolute atomic E-state index is 0.0327. The van der Waals surface area contributed by atoms with Crippen LogP contribution in [0, 0.1) is 5.92 Å². The molecule has 2 N–H and O–H groups in total. The third-order valence-electron chi connectivity index (χ3n) is 4.92. The molecule has 1 aromatic heterocycles. The molecular formula is C16H19BN2O4S. The predicted octanol–water partition coefficient (Wildman–Crippen LogP) is 1.16. The van der Waals surface area contributed by atoms with E-state index in [0.717, 1.165) is 41.7 Å². The number of nitrogens with zero attached hydrogens (tertiary/aromatic N) is 1. The first kappa shape index (κ1) is 15.9. The van der Waals surface area contributed by atoms with Crippen LogP contribution in [0.3, 0.4) is 0 Å². The van der Waals surface area contributed by atoms with Gasteiger partial charge in [0, 0.05) is 23.6 Å². The van der Waals surface area contributed by atoms with Crippen LogP contribution in [0.4, 0.5) is 0 Å². The largest absolute Gasteiger partial charge is 0.552 e. The van der Waals surface area contributed by atoms with Gasteiger partial charge in [0.25, 0.3) is 0 Å². The Kier molecular flexibility index (Phi) is 3.78. The van der Waals surface area contributed by atoms with E-state index in [-0.39, 0.29) is 17.7 Å². The third kappa shape index (κ3) is 2.68. The van der Waals surface area contributed by atoms with Gasteiger partial charge >= 0.3 is 7.12 Å². The van der Waals surface area contributed by atoms with E-state index in [0.29, 0.717) is 5.75 Å². The van der Waals surface area contributed by atoms with E-state index in [1.807, 2.05) is 6.08 Å². The second-order valence-electron chi connectivity index (χ2n) is 6.48. The first-order valence-electron chi connectivity index (χ1n) is 8.22.